The summed E-state index contributed by atoms with van der Waals surface area (Å²) in [6, 6.07) is 0. The van der Waals surface area contributed by atoms with E-state index >= 15 is 0 Å². The van der Waals surface area contributed by atoms with Crippen LogP contribution in [-0.2, 0) is 0 Å². The first-order valence-corrected chi connectivity index (χ1v) is 9.25. The van der Waals surface area contributed by atoms with Crippen molar-refractivity contribution in [3.05, 3.63) is 16.1 Å². The lowest BCUT2D eigenvalue weighted by Crippen LogP contribution is -1.98. The molecule has 1 N–H and O–H groups in total. The van der Waals surface area contributed by atoms with Crippen LogP contribution in [0.25, 0.3) is 10.6 Å². The van der Waals surface area contributed by atoms with E-state index in [4.69, 9.17) is 9.97 Å². The topological polar surface area (TPSA) is 37.8 Å². The van der Waals surface area contributed by atoms with Crippen LogP contribution in [0.4, 0.5) is 5.13 Å². The molecule has 20 heavy (non-hydrogen) atoms. The number of nitrogens with zero attached hydrogens (tertiary/aromatic N) is 2. The summed E-state index contributed by atoms with van der Waals surface area (Å²) in [5.74, 6) is 1.46. The second-order valence-electron chi connectivity index (χ2n) is 5.78. The maximum atomic E-state index is 4.94. The molecule has 0 saturated heterocycles. The molecule has 0 radical (unpaired) electrons. The number of anilines is 1. The van der Waals surface area contributed by atoms with Crippen LogP contribution < -0.4 is 5.32 Å². The molecule has 3 nitrogen and oxygen atoms in total. The molecular formula is C15H19N3S2. The second kappa shape index (κ2) is 5.11. The highest BCUT2D eigenvalue weighted by atomic mass is 32.1. The lowest BCUT2D eigenvalue weighted by atomic mass is 10.2. The number of aromatic nitrogens is 2. The molecule has 0 atom stereocenters. The quantitative estimate of drug-likeness (QED) is 0.829. The average molecular weight is 305 g/mol. The van der Waals surface area contributed by atoms with Crippen LogP contribution in [0.3, 0.4) is 0 Å². The number of thiazole rings is 2. The minimum atomic E-state index is 0.711. The normalized spacial score (nSPS) is 18.4. The van der Waals surface area contributed by atoms with E-state index in [1.807, 2.05) is 11.3 Å². The number of hydrogen-bond acceptors (Lipinski definition) is 5. The third kappa shape index (κ3) is 2.49. The highest BCUT2D eigenvalue weighted by Crippen LogP contribution is 2.50. The van der Waals surface area contributed by atoms with Crippen molar-refractivity contribution in [2.45, 2.75) is 50.9 Å². The molecule has 106 valence electrons. The predicted molar refractivity (Wildman–Crippen MR) is 86.0 cm³/mol. The van der Waals surface area contributed by atoms with Gasteiger partial charge in [0, 0.05) is 23.8 Å². The molecule has 0 spiro atoms. The van der Waals surface area contributed by atoms with E-state index in [0.717, 1.165) is 29.7 Å². The monoisotopic (exact) mass is 305 g/mol. The van der Waals surface area contributed by atoms with Crippen LogP contribution in [0.15, 0.2) is 5.38 Å². The van der Waals surface area contributed by atoms with E-state index in [-0.39, 0.29) is 0 Å². The Balaban J connectivity index is 1.64. The maximum absolute atomic E-state index is 4.94. The van der Waals surface area contributed by atoms with Crippen LogP contribution >= 0.6 is 22.7 Å². The Morgan fingerprint density at radius 1 is 1.20 bits per heavy atom. The van der Waals surface area contributed by atoms with Gasteiger partial charge in [-0.3, -0.25) is 0 Å². The maximum Gasteiger partial charge on any atom is 0.183 e. The summed E-state index contributed by atoms with van der Waals surface area (Å²) in [6.07, 6.45) is 6.42. The van der Waals surface area contributed by atoms with Gasteiger partial charge in [0.15, 0.2) is 5.13 Å². The van der Waals surface area contributed by atoms with Gasteiger partial charge in [-0.05, 0) is 32.1 Å². The molecule has 0 unspecified atom stereocenters. The minimum absolute atomic E-state index is 0.711. The molecule has 2 saturated carbocycles. The number of hydrogen-bond donors (Lipinski definition) is 1. The van der Waals surface area contributed by atoms with Crippen molar-refractivity contribution in [2.24, 2.45) is 0 Å². The lowest BCUT2D eigenvalue weighted by molar-refractivity contribution is 0.975. The fourth-order valence-corrected chi connectivity index (χ4v) is 4.45. The Kier molecular flexibility index (Phi) is 3.27. The summed E-state index contributed by atoms with van der Waals surface area (Å²) in [7, 11) is 0. The molecule has 5 heteroatoms. The molecule has 0 bridgehead atoms. The van der Waals surface area contributed by atoms with Gasteiger partial charge in [0.25, 0.3) is 0 Å². The summed E-state index contributed by atoms with van der Waals surface area (Å²) in [5, 5.41) is 7.98. The Bertz CT molecular complexity index is 608. The summed E-state index contributed by atoms with van der Waals surface area (Å²) >= 11 is 3.61. The largest absolute Gasteiger partial charge is 0.362 e. The fraction of sp³-hybridized carbons (Fsp3) is 0.600. The average Bonchev–Trinajstić information content (AvgIpc) is 3.39. The molecule has 2 aliphatic carbocycles. The molecule has 2 aliphatic rings. The van der Waals surface area contributed by atoms with Gasteiger partial charge in [-0.25, -0.2) is 9.97 Å². The van der Waals surface area contributed by atoms with Gasteiger partial charge < -0.3 is 5.32 Å². The molecule has 0 amide bonds. The van der Waals surface area contributed by atoms with Crippen molar-refractivity contribution < 1.29 is 0 Å². The molecular weight excluding hydrogens is 286 g/mol. The Morgan fingerprint density at radius 2 is 2.00 bits per heavy atom. The van der Waals surface area contributed by atoms with E-state index in [1.165, 1.54) is 41.3 Å². The van der Waals surface area contributed by atoms with Crippen LogP contribution in [0.1, 0.15) is 61.6 Å². The van der Waals surface area contributed by atoms with Crippen molar-refractivity contribution in [1.82, 2.24) is 9.97 Å². The standard InChI is InChI=1S/C15H19N3S2/c1-2-7-16-15-17-11(8-19-15)13-12(9-3-4-9)18-14(20-13)10-5-6-10/h8-10H,2-7H2,1H3,(H,16,17). The summed E-state index contributed by atoms with van der Waals surface area (Å²) in [4.78, 5) is 11.0. The molecule has 2 aromatic heterocycles. The van der Waals surface area contributed by atoms with Gasteiger partial charge in [0.1, 0.15) is 0 Å². The number of nitrogens with one attached hydrogen (secondary N) is 1. The summed E-state index contributed by atoms with van der Waals surface area (Å²) < 4.78 is 0. The third-order valence-corrected chi connectivity index (χ3v) is 5.88. The van der Waals surface area contributed by atoms with E-state index in [2.05, 4.69) is 17.6 Å². The van der Waals surface area contributed by atoms with Gasteiger partial charge >= 0.3 is 0 Å². The van der Waals surface area contributed by atoms with Crippen molar-refractivity contribution in [1.29, 1.82) is 0 Å². The van der Waals surface area contributed by atoms with Crippen molar-refractivity contribution in [3.63, 3.8) is 0 Å². The van der Waals surface area contributed by atoms with E-state index in [1.54, 1.807) is 11.3 Å². The lowest BCUT2D eigenvalue weighted by Gasteiger charge is -1.98. The van der Waals surface area contributed by atoms with Crippen molar-refractivity contribution >= 4 is 27.8 Å². The van der Waals surface area contributed by atoms with Crippen LogP contribution in [0, 0.1) is 0 Å². The van der Waals surface area contributed by atoms with Gasteiger partial charge in [-0.15, -0.1) is 22.7 Å². The zero-order valence-corrected chi connectivity index (χ0v) is 13.3. The third-order valence-electron chi connectivity index (χ3n) is 3.82. The van der Waals surface area contributed by atoms with E-state index in [9.17, 15) is 0 Å². The SMILES string of the molecule is CCCNc1nc(-c2sc(C3CC3)nc2C2CC2)cs1. The highest BCUT2D eigenvalue weighted by molar-refractivity contribution is 7.17. The smallest absolute Gasteiger partial charge is 0.183 e. The van der Waals surface area contributed by atoms with Gasteiger partial charge in [0.05, 0.1) is 21.3 Å². The predicted octanol–water partition coefficient (Wildman–Crippen LogP) is 4.84. The summed E-state index contributed by atoms with van der Waals surface area (Å²) in [5.41, 5.74) is 2.48. The van der Waals surface area contributed by atoms with Gasteiger partial charge in [-0.2, -0.15) is 0 Å². The first kappa shape index (κ1) is 12.8. The molecule has 2 heterocycles. The van der Waals surface area contributed by atoms with Gasteiger partial charge in [-0.1, -0.05) is 6.92 Å². The Labute approximate surface area is 127 Å². The first-order valence-electron chi connectivity index (χ1n) is 7.55. The van der Waals surface area contributed by atoms with E-state index < -0.39 is 0 Å². The van der Waals surface area contributed by atoms with Gasteiger partial charge in [0.2, 0.25) is 0 Å². The van der Waals surface area contributed by atoms with Crippen molar-refractivity contribution in [2.75, 3.05) is 11.9 Å². The second-order valence-corrected chi connectivity index (χ2v) is 7.67. The minimum Gasteiger partial charge on any atom is -0.362 e. The van der Waals surface area contributed by atoms with Crippen LogP contribution in [0.2, 0.25) is 0 Å². The number of rotatable bonds is 6. The Morgan fingerprint density at radius 3 is 2.70 bits per heavy atom. The van der Waals surface area contributed by atoms with E-state index in [0.29, 0.717) is 5.92 Å². The molecule has 4 rings (SSSR count). The fourth-order valence-electron chi connectivity index (χ4n) is 2.36. The summed E-state index contributed by atoms with van der Waals surface area (Å²) in [6.45, 7) is 3.18. The highest BCUT2D eigenvalue weighted by Gasteiger charge is 2.34. The molecule has 0 aromatic carbocycles. The zero-order chi connectivity index (χ0) is 13.5. The molecule has 2 fully saturated rings. The molecule has 2 aromatic rings. The Hall–Kier alpha value is -0.940. The van der Waals surface area contributed by atoms with Crippen LogP contribution in [-0.4, -0.2) is 16.5 Å². The zero-order valence-electron chi connectivity index (χ0n) is 11.7. The van der Waals surface area contributed by atoms with Crippen molar-refractivity contribution in [3.8, 4) is 10.6 Å². The molecule has 0 aliphatic heterocycles. The van der Waals surface area contributed by atoms with Crippen LogP contribution in [0.5, 0.6) is 0 Å². The first-order chi connectivity index (χ1) is 9.85.